The first kappa shape index (κ1) is 13.8. The normalized spacial score (nSPS) is 11.1. The summed E-state index contributed by atoms with van der Waals surface area (Å²) in [6.07, 6.45) is 10.9. The molecular formula is C10H22Cl2Si. The lowest BCUT2D eigenvalue weighted by molar-refractivity contribution is 0.585. The van der Waals surface area contributed by atoms with E-state index in [9.17, 15) is 0 Å². The summed E-state index contributed by atoms with van der Waals surface area (Å²) >= 11 is 11.5. The fraction of sp³-hybridized carbons (Fsp3) is 1.00. The zero-order chi connectivity index (χ0) is 9.94. The van der Waals surface area contributed by atoms with Gasteiger partial charge in [0.25, 0.3) is 0 Å². The Hall–Kier alpha value is 0.797. The lowest BCUT2D eigenvalue weighted by Crippen LogP contribution is -1.90. The van der Waals surface area contributed by atoms with Crippen LogP contribution in [0.2, 0.25) is 6.04 Å². The van der Waals surface area contributed by atoms with E-state index in [2.05, 4.69) is 6.92 Å². The molecule has 0 fully saturated rings. The lowest BCUT2D eigenvalue weighted by atomic mass is 10.1. The Kier molecular flexibility index (Phi) is 11.5. The summed E-state index contributed by atoms with van der Waals surface area (Å²) in [4.78, 5) is 0. The first-order chi connectivity index (χ1) is 6.27. The molecule has 0 radical (unpaired) electrons. The lowest BCUT2D eigenvalue weighted by Gasteiger charge is -2.01. The highest BCUT2D eigenvalue weighted by molar-refractivity contribution is 7.33. The summed E-state index contributed by atoms with van der Waals surface area (Å²) in [5.41, 5.74) is 0. The molecule has 0 nitrogen and oxygen atoms in total. The van der Waals surface area contributed by atoms with Gasteiger partial charge in [0.2, 0.25) is 7.42 Å². The maximum absolute atomic E-state index is 5.76. The third-order valence-electron chi connectivity index (χ3n) is 2.28. The quantitative estimate of drug-likeness (QED) is 0.308. The van der Waals surface area contributed by atoms with Crippen molar-refractivity contribution in [2.45, 2.75) is 64.3 Å². The van der Waals surface area contributed by atoms with Crippen LogP contribution in [0.3, 0.4) is 0 Å². The highest BCUT2D eigenvalue weighted by atomic mass is 35.7. The van der Waals surface area contributed by atoms with E-state index < -0.39 is 7.42 Å². The van der Waals surface area contributed by atoms with Crippen LogP contribution in [0, 0.1) is 0 Å². The van der Waals surface area contributed by atoms with Crippen LogP contribution in [-0.4, -0.2) is 7.42 Å². The maximum Gasteiger partial charge on any atom is 0.237 e. The predicted octanol–water partition coefficient (Wildman–Crippen LogP) is 4.83. The predicted molar refractivity (Wildman–Crippen MR) is 66.3 cm³/mol. The van der Waals surface area contributed by atoms with Crippen LogP contribution in [0.25, 0.3) is 0 Å². The van der Waals surface area contributed by atoms with Crippen molar-refractivity contribution in [1.82, 2.24) is 0 Å². The molecule has 80 valence electrons. The number of halogens is 2. The molecule has 0 heterocycles. The van der Waals surface area contributed by atoms with Crippen molar-refractivity contribution in [2.75, 3.05) is 0 Å². The molecule has 0 aromatic carbocycles. The van der Waals surface area contributed by atoms with Gasteiger partial charge in [-0.1, -0.05) is 58.3 Å². The Morgan fingerprint density at radius 3 is 1.69 bits per heavy atom. The molecule has 0 spiro atoms. The van der Waals surface area contributed by atoms with Crippen molar-refractivity contribution in [2.24, 2.45) is 0 Å². The van der Waals surface area contributed by atoms with Gasteiger partial charge in [-0.05, 0) is 6.04 Å². The van der Waals surface area contributed by atoms with Gasteiger partial charge in [-0.25, -0.2) is 0 Å². The number of hydrogen-bond acceptors (Lipinski definition) is 0. The molecule has 3 heteroatoms. The van der Waals surface area contributed by atoms with E-state index in [-0.39, 0.29) is 0 Å². The standard InChI is InChI=1S/C10H22Cl2Si/c1-2-3-4-5-6-7-8-9-10-13(11)12/h13H,2-10H2,1H3. The van der Waals surface area contributed by atoms with Crippen LogP contribution in [0.4, 0.5) is 0 Å². The summed E-state index contributed by atoms with van der Waals surface area (Å²) < 4.78 is 0. The summed E-state index contributed by atoms with van der Waals surface area (Å²) in [6.45, 7) is 2.26. The first-order valence-corrected chi connectivity index (χ1v) is 9.86. The second kappa shape index (κ2) is 10.9. The minimum atomic E-state index is -1.30. The fourth-order valence-corrected chi connectivity index (χ4v) is 2.96. The molecule has 0 rings (SSSR count). The number of unbranched alkanes of at least 4 members (excludes halogenated alkanes) is 7. The first-order valence-electron chi connectivity index (χ1n) is 5.55. The van der Waals surface area contributed by atoms with E-state index in [1.807, 2.05) is 0 Å². The second-order valence-electron chi connectivity index (χ2n) is 3.65. The van der Waals surface area contributed by atoms with E-state index in [1.165, 1.54) is 51.4 Å². The van der Waals surface area contributed by atoms with Gasteiger partial charge >= 0.3 is 0 Å². The average molecular weight is 241 g/mol. The zero-order valence-electron chi connectivity index (χ0n) is 8.70. The van der Waals surface area contributed by atoms with Crippen molar-refractivity contribution in [3.63, 3.8) is 0 Å². The minimum absolute atomic E-state index is 1.10. The topological polar surface area (TPSA) is 0 Å². The monoisotopic (exact) mass is 240 g/mol. The van der Waals surface area contributed by atoms with Gasteiger partial charge in [0.15, 0.2) is 0 Å². The van der Waals surface area contributed by atoms with Crippen molar-refractivity contribution >= 4 is 29.6 Å². The van der Waals surface area contributed by atoms with Gasteiger partial charge in [-0.2, -0.15) is 22.2 Å². The zero-order valence-corrected chi connectivity index (χ0v) is 11.4. The van der Waals surface area contributed by atoms with Crippen LogP contribution in [0.1, 0.15) is 58.3 Å². The van der Waals surface area contributed by atoms with E-state index in [0.29, 0.717) is 0 Å². The Morgan fingerprint density at radius 1 is 0.769 bits per heavy atom. The summed E-state index contributed by atoms with van der Waals surface area (Å²) in [6, 6.07) is 1.10. The number of rotatable bonds is 9. The molecule has 13 heavy (non-hydrogen) atoms. The minimum Gasteiger partial charge on any atom is -0.150 e. The van der Waals surface area contributed by atoms with Gasteiger partial charge in [0.05, 0.1) is 0 Å². The largest absolute Gasteiger partial charge is 0.237 e. The van der Waals surface area contributed by atoms with Gasteiger partial charge in [0, 0.05) is 0 Å². The third-order valence-corrected chi connectivity index (χ3v) is 4.43. The molecule has 0 aromatic rings. The second-order valence-corrected chi connectivity index (χ2v) is 8.85. The van der Waals surface area contributed by atoms with Crippen molar-refractivity contribution in [3.8, 4) is 0 Å². The summed E-state index contributed by atoms with van der Waals surface area (Å²) in [7, 11) is -1.30. The van der Waals surface area contributed by atoms with Crippen LogP contribution >= 0.6 is 22.2 Å². The Morgan fingerprint density at radius 2 is 1.23 bits per heavy atom. The summed E-state index contributed by atoms with van der Waals surface area (Å²) in [5, 5.41) is 0. The Bertz CT molecular complexity index is 96.9. The molecule has 0 aromatic heterocycles. The average Bonchev–Trinajstić information content (AvgIpc) is 2.09. The SMILES string of the molecule is CCCCCCCCCC[SiH](Cl)Cl. The van der Waals surface area contributed by atoms with Crippen LogP contribution in [0.5, 0.6) is 0 Å². The maximum atomic E-state index is 5.76. The fourth-order valence-electron chi connectivity index (χ4n) is 1.43. The van der Waals surface area contributed by atoms with E-state index >= 15 is 0 Å². The van der Waals surface area contributed by atoms with Crippen molar-refractivity contribution in [3.05, 3.63) is 0 Å². The molecule has 0 atom stereocenters. The molecule has 0 aliphatic carbocycles. The Balaban J connectivity index is 2.84. The highest BCUT2D eigenvalue weighted by Gasteiger charge is 2.00. The van der Waals surface area contributed by atoms with E-state index in [4.69, 9.17) is 22.2 Å². The van der Waals surface area contributed by atoms with Gasteiger partial charge < -0.3 is 0 Å². The van der Waals surface area contributed by atoms with Crippen LogP contribution < -0.4 is 0 Å². The van der Waals surface area contributed by atoms with Crippen LogP contribution in [-0.2, 0) is 0 Å². The molecule has 0 amide bonds. The molecule has 0 aliphatic heterocycles. The van der Waals surface area contributed by atoms with Gasteiger partial charge in [-0.15, -0.1) is 0 Å². The summed E-state index contributed by atoms with van der Waals surface area (Å²) in [5.74, 6) is 0. The molecule has 0 aliphatic rings. The highest BCUT2D eigenvalue weighted by Crippen LogP contribution is 2.13. The molecular weight excluding hydrogens is 219 g/mol. The van der Waals surface area contributed by atoms with Crippen molar-refractivity contribution < 1.29 is 0 Å². The van der Waals surface area contributed by atoms with E-state index in [0.717, 1.165) is 6.04 Å². The van der Waals surface area contributed by atoms with Gasteiger partial charge in [0.1, 0.15) is 0 Å². The van der Waals surface area contributed by atoms with Crippen LogP contribution in [0.15, 0.2) is 0 Å². The third kappa shape index (κ3) is 12.8. The van der Waals surface area contributed by atoms with Crippen molar-refractivity contribution in [1.29, 1.82) is 0 Å². The van der Waals surface area contributed by atoms with E-state index in [1.54, 1.807) is 0 Å². The van der Waals surface area contributed by atoms with Gasteiger partial charge in [-0.3, -0.25) is 0 Å². The molecule has 0 bridgehead atoms. The molecule has 0 N–H and O–H groups in total. The molecule has 0 saturated carbocycles. The number of hydrogen-bond donors (Lipinski definition) is 0. The smallest absolute Gasteiger partial charge is 0.150 e. The molecule has 0 saturated heterocycles. The molecule has 0 unspecified atom stereocenters. The Labute approximate surface area is 94.0 Å².